The van der Waals surface area contributed by atoms with Crippen molar-refractivity contribution in [3.05, 3.63) is 59.6 Å². The molecule has 1 unspecified atom stereocenters. The Morgan fingerprint density at radius 2 is 1.72 bits per heavy atom. The van der Waals surface area contributed by atoms with E-state index in [0.717, 1.165) is 16.7 Å². The first-order valence-electron chi connectivity index (χ1n) is 5.48. The molecule has 0 aromatic heterocycles. The standard InChI is InChI=1S/C14H12ClFOS/c15-11-6-8-13(9-7-11)18-14(16)10-17-12-4-2-1-3-5-12/h1-9,14H,10H2. The first kappa shape index (κ1) is 13.2. The fourth-order valence-electron chi connectivity index (χ4n) is 1.37. The van der Waals surface area contributed by atoms with Crippen LogP contribution in [0.1, 0.15) is 0 Å². The van der Waals surface area contributed by atoms with E-state index < -0.39 is 5.50 Å². The van der Waals surface area contributed by atoms with Crippen LogP contribution in [0, 0.1) is 0 Å². The van der Waals surface area contributed by atoms with Gasteiger partial charge in [-0.1, -0.05) is 41.6 Å². The summed E-state index contributed by atoms with van der Waals surface area (Å²) in [5, 5.41) is 0.648. The summed E-state index contributed by atoms with van der Waals surface area (Å²) in [6.45, 7) is 0.0251. The van der Waals surface area contributed by atoms with E-state index in [4.69, 9.17) is 16.3 Å². The van der Waals surface area contributed by atoms with Gasteiger partial charge in [0.2, 0.25) is 0 Å². The smallest absolute Gasteiger partial charge is 0.184 e. The summed E-state index contributed by atoms with van der Waals surface area (Å²) in [5.74, 6) is 0.678. The first-order valence-corrected chi connectivity index (χ1v) is 6.74. The molecule has 0 radical (unpaired) electrons. The highest BCUT2D eigenvalue weighted by Gasteiger charge is 2.09. The molecule has 0 saturated carbocycles. The first-order chi connectivity index (χ1) is 8.74. The average Bonchev–Trinajstić information content (AvgIpc) is 2.40. The van der Waals surface area contributed by atoms with E-state index in [0.29, 0.717) is 10.8 Å². The number of hydrogen-bond acceptors (Lipinski definition) is 2. The Bertz CT molecular complexity index is 475. The van der Waals surface area contributed by atoms with Crippen LogP contribution >= 0.6 is 23.4 Å². The molecule has 0 N–H and O–H groups in total. The Balaban J connectivity index is 1.82. The molecule has 0 amide bonds. The van der Waals surface area contributed by atoms with Gasteiger partial charge in [-0.3, -0.25) is 0 Å². The number of halogens is 2. The molecule has 0 fully saturated rings. The molecule has 18 heavy (non-hydrogen) atoms. The molecule has 0 aliphatic carbocycles. The second-order valence-electron chi connectivity index (χ2n) is 3.61. The van der Waals surface area contributed by atoms with Crippen molar-refractivity contribution in [2.45, 2.75) is 10.4 Å². The van der Waals surface area contributed by atoms with Crippen LogP contribution in [0.2, 0.25) is 5.02 Å². The van der Waals surface area contributed by atoms with E-state index in [1.54, 1.807) is 36.4 Å². The summed E-state index contributed by atoms with van der Waals surface area (Å²) >= 11 is 6.88. The van der Waals surface area contributed by atoms with Gasteiger partial charge in [-0.15, -0.1) is 0 Å². The molecule has 0 spiro atoms. The third kappa shape index (κ3) is 4.24. The second-order valence-corrected chi connectivity index (χ2v) is 5.26. The lowest BCUT2D eigenvalue weighted by atomic mass is 10.3. The van der Waals surface area contributed by atoms with Gasteiger partial charge in [-0.05, 0) is 36.4 Å². The normalized spacial score (nSPS) is 12.1. The molecule has 2 aromatic rings. The lowest BCUT2D eigenvalue weighted by Crippen LogP contribution is -2.08. The largest absolute Gasteiger partial charge is 0.490 e. The highest BCUT2D eigenvalue weighted by atomic mass is 35.5. The van der Waals surface area contributed by atoms with Gasteiger partial charge < -0.3 is 4.74 Å². The molecule has 1 atom stereocenters. The summed E-state index contributed by atoms with van der Waals surface area (Å²) in [6, 6.07) is 16.3. The van der Waals surface area contributed by atoms with Crippen molar-refractivity contribution in [2.24, 2.45) is 0 Å². The van der Waals surface area contributed by atoms with E-state index in [-0.39, 0.29) is 6.61 Å². The summed E-state index contributed by atoms with van der Waals surface area (Å²) in [7, 11) is 0. The average molecular weight is 283 g/mol. The number of thioether (sulfide) groups is 1. The zero-order valence-electron chi connectivity index (χ0n) is 9.55. The van der Waals surface area contributed by atoms with Crippen molar-refractivity contribution in [3.8, 4) is 5.75 Å². The number of para-hydroxylation sites is 1. The topological polar surface area (TPSA) is 9.23 Å². The molecule has 0 bridgehead atoms. The molecule has 4 heteroatoms. The van der Waals surface area contributed by atoms with Gasteiger partial charge in [-0.2, -0.15) is 0 Å². The fourth-order valence-corrected chi connectivity index (χ4v) is 2.22. The minimum atomic E-state index is -1.11. The van der Waals surface area contributed by atoms with Crippen LogP contribution in [0.4, 0.5) is 4.39 Å². The van der Waals surface area contributed by atoms with Crippen LogP contribution in [-0.4, -0.2) is 12.1 Å². The molecular weight excluding hydrogens is 271 g/mol. The Hall–Kier alpha value is -1.19. The Morgan fingerprint density at radius 1 is 1.06 bits per heavy atom. The molecule has 2 rings (SSSR count). The molecule has 0 saturated heterocycles. The molecule has 94 valence electrons. The van der Waals surface area contributed by atoms with E-state index in [1.165, 1.54) is 0 Å². The van der Waals surface area contributed by atoms with E-state index in [2.05, 4.69) is 0 Å². The van der Waals surface area contributed by atoms with Gasteiger partial charge >= 0.3 is 0 Å². The maximum Gasteiger partial charge on any atom is 0.184 e. The van der Waals surface area contributed by atoms with Crippen LogP contribution in [-0.2, 0) is 0 Å². The minimum Gasteiger partial charge on any atom is -0.490 e. The van der Waals surface area contributed by atoms with Crippen molar-refractivity contribution in [1.29, 1.82) is 0 Å². The molecular formula is C14H12ClFOS. The van der Waals surface area contributed by atoms with Crippen molar-refractivity contribution in [2.75, 3.05) is 6.61 Å². The lowest BCUT2D eigenvalue weighted by molar-refractivity contribution is 0.253. The molecule has 1 nitrogen and oxygen atoms in total. The summed E-state index contributed by atoms with van der Waals surface area (Å²) in [5.41, 5.74) is -1.11. The molecule has 0 heterocycles. The highest BCUT2D eigenvalue weighted by molar-refractivity contribution is 7.99. The zero-order valence-corrected chi connectivity index (χ0v) is 11.1. The van der Waals surface area contributed by atoms with Gasteiger partial charge in [0.05, 0.1) is 0 Å². The Kier molecular flexibility index (Phi) is 4.90. The third-order valence-electron chi connectivity index (χ3n) is 2.20. The highest BCUT2D eigenvalue weighted by Crippen LogP contribution is 2.26. The number of hydrogen-bond donors (Lipinski definition) is 0. The Labute approximate surface area is 115 Å². The number of ether oxygens (including phenoxy) is 1. The SMILES string of the molecule is FC(COc1ccccc1)Sc1ccc(Cl)cc1. The van der Waals surface area contributed by atoms with Crippen LogP contribution in [0.25, 0.3) is 0 Å². The van der Waals surface area contributed by atoms with Crippen molar-refractivity contribution in [3.63, 3.8) is 0 Å². The number of alkyl halides is 1. The maximum absolute atomic E-state index is 13.7. The molecule has 0 aliphatic rings. The predicted molar refractivity (Wildman–Crippen MR) is 74.1 cm³/mol. The lowest BCUT2D eigenvalue weighted by Gasteiger charge is -2.10. The van der Waals surface area contributed by atoms with Crippen LogP contribution in [0.15, 0.2) is 59.5 Å². The summed E-state index contributed by atoms with van der Waals surface area (Å²) < 4.78 is 19.0. The van der Waals surface area contributed by atoms with E-state index in [9.17, 15) is 4.39 Å². The second kappa shape index (κ2) is 6.66. The number of rotatable bonds is 5. The van der Waals surface area contributed by atoms with E-state index in [1.807, 2.05) is 18.2 Å². The quantitative estimate of drug-likeness (QED) is 0.728. The van der Waals surface area contributed by atoms with Crippen LogP contribution < -0.4 is 4.74 Å². The zero-order chi connectivity index (χ0) is 12.8. The molecule has 0 aliphatic heterocycles. The summed E-state index contributed by atoms with van der Waals surface area (Å²) in [4.78, 5) is 0.837. The van der Waals surface area contributed by atoms with Gasteiger partial charge in [0, 0.05) is 9.92 Å². The van der Waals surface area contributed by atoms with Crippen LogP contribution in [0.5, 0.6) is 5.75 Å². The third-order valence-corrected chi connectivity index (χ3v) is 3.39. The summed E-state index contributed by atoms with van der Waals surface area (Å²) in [6.07, 6.45) is 0. The van der Waals surface area contributed by atoms with Gasteiger partial charge in [-0.25, -0.2) is 4.39 Å². The predicted octanol–water partition coefficient (Wildman–Crippen LogP) is 4.81. The molecule has 2 aromatic carbocycles. The fraction of sp³-hybridized carbons (Fsp3) is 0.143. The Morgan fingerprint density at radius 3 is 2.39 bits per heavy atom. The van der Waals surface area contributed by atoms with Crippen LogP contribution in [0.3, 0.4) is 0 Å². The van der Waals surface area contributed by atoms with Gasteiger partial charge in [0.15, 0.2) is 5.50 Å². The van der Waals surface area contributed by atoms with Crippen molar-refractivity contribution in [1.82, 2.24) is 0 Å². The number of benzene rings is 2. The van der Waals surface area contributed by atoms with Gasteiger partial charge in [0.25, 0.3) is 0 Å². The van der Waals surface area contributed by atoms with E-state index >= 15 is 0 Å². The van der Waals surface area contributed by atoms with Gasteiger partial charge in [0.1, 0.15) is 12.4 Å². The van der Waals surface area contributed by atoms with Crippen molar-refractivity contribution < 1.29 is 9.13 Å². The monoisotopic (exact) mass is 282 g/mol. The van der Waals surface area contributed by atoms with Crippen molar-refractivity contribution >= 4 is 23.4 Å². The minimum absolute atomic E-state index is 0.0251. The maximum atomic E-state index is 13.7.